The Morgan fingerprint density at radius 1 is 1.08 bits per heavy atom. The first-order chi connectivity index (χ1) is 5.86. The number of rotatable bonds is 0. The maximum absolute atomic E-state index is 11.2. The Morgan fingerprint density at radius 3 is 2.92 bits per heavy atom. The smallest absolute Gasteiger partial charge is 0.134 e. The Bertz CT molecular complexity index is 161. The average Bonchev–Trinajstić information content (AvgIpc) is 2.29. The highest BCUT2D eigenvalue weighted by Crippen LogP contribution is 2.23. The Balaban J connectivity index is 1.98. The molecule has 2 heteroatoms. The number of hydrogen-bond acceptors (Lipinski definition) is 2. The summed E-state index contributed by atoms with van der Waals surface area (Å²) in [6.45, 7) is 2.27. The van der Waals surface area contributed by atoms with Crippen LogP contribution in [0.5, 0.6) is 0 Å². The summed E-state index contributed by atoms with van der Waals surface area (Å²) in [6.07, 6.45) is 6.80. The van der Waals surface area contributed by atoms with E-state index in [0.29, 0.717) is 5.78 Å². The van der Waals surface area contributed by atoms with E-state index in [9.17, 15) is 4.79 Å². The first-order valence-electron chi connectivity index (χ1n) is 5.12. The van der Waals surface area contributed by atoms with E-state index in [2.05, 4.69) is 4.90 Å². The maximum Gasteiger partial charge on any atom is 0.134 e. The molecule has 68 valence electrons. The molecule has 2 saturated heterocycles. The van der Waals surface area contributed by atoms with E-state index >= 15 is 0 Å². The third-order valence-electron chi connectivity index (χ3n) is 3.18. The largest absolute Gasteiger partial charge is 0.300 e. The molecule has 2 heterocycles. The van der Waals surface area contributed by atoms with Crippen molar-refractivity contribution >= 4 is 5.78 Å². The molecule has 0 radical (unpaired) electrons. The van der Waals surface area contributed by atoms with Gasteiger partial charge in [0, 0.05) is 25.4 Å². The number of nitrogens with zero attached hydrogens (tertiary/aromatic N) is 1. The predicted octanol–water partition coefficient (Wildman–Crippen LogP) is 1.59. The van der Waals surface area contributed by atoms with Crippen molar-refractivity contribution in [1.29, 1.82) is 0 Å². The lowest BCUT2D eigenvalue weighted by Gasteiger charge is -2.33. The van der Waals surface area contributed by atoms with Crippen LogP contribution in [0.2, 0.25) is 0 Å². The molecule has 0 bridgehead atoms. The summed E-state index contributed by atoms with van der Waals surface area (Å²) in [4.78, 5) is 13.7. The van der Waals surface area contributed by atoms with Gasteiger partial charge in [0.15, 0.2) is 0 Å². The molecule has 2 rings (SSSR count). The third kappa shape index (κ3) is 1.69. The Kier molecular flexibility index (Phi) is 2.45. The molecular weight excluding hydrogens is 150 g/mol. The van der Waals surface area contributed by atoms with Gasteiger partial charge in [0.1, 0.15) is 5.78 Å². The van der Waals surface area contributed by atoms with Gasteiger partial charge in [-0.2, -0.15) is 0 Å². The fourth-order valence-electron chi connectivity index (χ4n) is 2.40. The molecule has 12 heavy (non-hydrogen) atoms. The number of hydrogen-bond donors (Lipinski definition) is 0. The molecule has 1 unspecified atom stereocenters. The lowest BCUT2D eigenvalue weighted by molar-refractivity contribution is -0.118. The van der Waals surface area contributed by atoms with E-state index < -0.39 is 0 Å². The van der Waals surface area contributed by atoms with E-state index in [-0.39, 0.29) is 0 Å². The minimum absolute atomic E-state index is 0.476. The van der Waals surface area contributed by atoms with Crippen LogP contribution in [-0.4, -0.2) is 29.8 Å². The molecule has 0 aliphatic carbocycles. The number of Topliss-reactive ketones (excluding diaryl/α,β-unsaturated/α-hetero) is 1. The lowest BCUT2D eigenvalue weighted by Crippen LogP contribution is -2.38. The molecule has 0 aromatic carbocycles. The topological polar surface area (TPSA) is 20.3 Å². The van der Waals surface area contributed by atoms with Crippen LogP contribution in [0.15, 0.2) is 0 Å². The lowest BCUT2D eigenvalue weighted by atomic mass is 9.99. The zero-order valence-corrected chi connectivity index (χ0v) is 7.59. The first kappa shape index (κ1) is 8.24. The SMILES string of the molecule is O=C1CCC2CCCCN2CC1. The van der Waals surface area contributed by atoms with Crippen molar-refractivity contribution in [3.05, 3.63) is 0 Å². The van der Waals surface area contributed by atoms with Crippen molar-refractivity contribution in [2.24, 2.45) is 0 Å². The molecule has 1 atom stereocenters. The van der Waals surface area contributed by atoms with Crippen molar-refractivity contribution in [3.63, 3.8) is 0 Å². The van der Waals surface area contributed by atoms with Crippen molar-refractivity contribution < 1.29 is 4.79 Å². The van der Waals surface area contributed by atoms with Crippen LogP contribution in [0.3, 0.4) is 0 Å². The summed E-state index contributed by atoms with van der Waals surface area (Å²) >= 11 is 0. The number of piperidine rings is 1. The van der Waals surface area contributed by atoms with Crippen molar-refractivity contribution in [3.8, 4) is 0 Å². The van der Waals surface area contributed by atoms with Crippen LogP contribution in [0.25, 0.3) is 0 Å². The minimum Gasteiger partial charge on any atom is -0.300 e. The highest BCUT2D eigenvalue weighted by atomic mass is 16.1. The Hall–Kier alpha value is -0.370. The molecule has 0 N–H and O–H groups in total. The molecule has 0 aromatic heterocycles. The van der Waals surface area contributed by atoms with E-state index in [1.165, 1.54) is 25.8 Å². The third-order valence-corrected chi connectivity index (χ3v) is 3.18. The van der Waals surface area contributed by atoms with Gasteiger partial charge in [-0.05, 0) is 25.8 Å². The van der Waals surface area contributed by atoms with Gasteiger partial charge >= 0.3 is 0 Å². The Morgan fingerprint density at radius 2 is 2.00 bits per heavy atom. The van der Waals surface area contributed by atoms with Crippen LogP contribution >= 0.6 is 0 Å². The molecule has 0 saturated carbocycles. The predicted molar refractivity (Wildman–Crippen MR) is 48.1 cm³/mol. The van der Waals surface area contributed by atoms with Gasteiger partial charge in [-0.3, -0.25) is 9.69 Å². The summed E-state index contributed by atoms with van der Waals surface area (Å²) < 4.78 is 0. The van der Waals surface area contributed by atoms with Crippen molar-refractivity contribution in [2.45, 2.75) is 44.6 Å². The molecule has 0 spiro atoms. The van der Waals surface area contributed by atoms with E-state index in [0.717, 1.165) is 31.8 Å². The molecule has 0 amide bonds. The van der Waals surface area contributed by atoms with Gasteiger partial charge < -0.3 is 0 Å². The molecule has 2 nitrogen and oxygen atoms in total. The molecule has 2 aliphatic heterocycles. The molecule has 2 fully saturated rings. The van der Waals surface area contributed by atoms with Gasteiger partial charge in [-0.1, -0.05) is 6.42 Å². The number of fused-ring (bicyclic) bond motifs is 1. The van der Waals surface area contributed by atoms with Crippen LogP contribution in [-0.2, 0) is 4.79 Å². The fraction of sp³-hybridized carbons (Fsp3) is 0.900. The van der Waals surface area contributed by atoms with Crippen molar-refractivity contribution in [2.75, 3.05) is 13.1 Å². The summed E-state index contributed by atoms with van der Waals surface area (Å²) in [5.41, 5.74) is 0. The number of carbonyl (C=O) groups is 1. The fourth-order valence-corrected chi connectivity index (χ4v) is 2.40. The summed E-state index contributed by atoms with van der Waals surface area (Å²) in [5.74, 6) is 0.476. The summed E-state index contributed by atoms with van der Waals surface area (Å²) in [5, 5.41) is 0. The minimum atomic E-state index is 0.476. The van der Waals surface area contributed by atoms with E-state index in [1.807, 2.05) is 0 Å². The quantitative estimate of drug-likeness (QED) is 0.546. The maximum atomic E-state index is 11.2. The van der Waals surface area contributed by atoms with E-state index in [1.54, 1.807) is 0 Å². The second kappa shape index (κ2) is 3.56. The zero-order chi connectivity index (χ0) is 8.39. The number of carbonyl (C=O) groups excluding carboxylic acids is 1. The van der Waals surface area contributed by atoms with Crippen LogP contribution < -0.4 is 0 Å². The van der Waals surface area contributed by atoms with Crippen LogP contribution in [0.4, 0.5) is 0 Å². The van der Waals surface area contributed by atoms with Crippen LogP contribution in [0.1, 0.15) is 38.5 Å². The summed E-state index contributed by atoms with van der Waals surface area (Å²) in [7, 11) is 0. The van der Waals surface area contributed by atoms with Gasteiger partial charge in [0.05, 0.1) is 0 Å². The van der Waals surface area contributed by atoms with E-state index in [4.69, 9.17) is 0 Å². The van der Waals surface area contributed by atoms with Gasteiger partial charge in [0.2, 0.25) is 0 Å². The summed E-state index contributed by atoms with van der Waals surface area (Å²) in [6, 6.07) is 0.741. The highest BCUT2D eigenvalue weighted by molar-refractivity contribution is 5.78. The Labute approximate surface area is 73.9 Å². The monoisotopic (exact) mass is 167 g/mol. The second-order valence-corrected chi connectivity index (χ2v) is 4.01. The zero-order valence-electron chi connectivity index (χ0n) is 7.59. The normalized spacial score (nSPS) is 32.7. The second-order valence-electron chi connectivity index (χ2n) is 4.01. The van der Waals surface area contributed by atoms with Gasteiger partial charge in [0.25, 0.3) is 0 Å². The average molecular weight is 167 g/mol. The molecule has 0 aromatic rings. The van der Waals surface area contributed by atoms with Gasteiger partial charge in [-0.15, -0.1) is 0 Å². The van der Waals surface area contributed by atoms with Crippen molar-refractivity contribution in [1.82, 2.24) is 4.90 Å². The van der Waals surface area contributed by atoms with Crippen LogP contribution in [0, 0.1) is 0 Å². The first-order valence-corrected chi connectivity index (χ1v) is 5.12. The highest BCUT2D eigenvalue weighted by Gasteiger charge is 2.25. The van der Waals surface area contributed by atoms with Gasteiger partial charge in [-0.25, -0.2) is 0 Å². The molecular formula is C10H17NO. The standard InChI is InChI=1S/C10H17NO/c12-10-5-4-9-3-1-2-7-11(9)8-6-10/h9H,1-8H2. The molecule has 2 aliphatic rings. The number of ketones is 1.